The van der Waals surface area contributed by atoms with Crippen molar-refractivity contribution in [2.24, 2.45) is 0 Å². The lowest BCUT2D eigenvalue weighted by Crippen LogP contribution is -2.31. The monoisotopic (exact) mass is 398 g/mol. The Kier molecular flexibility index (Phi) is 5.44. The highest BCUT2D eigenvalue weighted by atomic mass is 35.5. The molecule has 0 spiro atoms. The van der Waals surface area contributed by atoms with Gasteiger partial charge in [0.05, 0.1) is 11.6 Å². The number of nitrogens with zero attached hydrogens (tertiary/aromatic N) is 2. The lowest BCUT2D eigenvalue weighted by molar-refractivity contribution is -0.130. The second-order valence-corrected chi connectivity index (χ2v) is 7.36. The van der Waals surface area contributed by atoms with Gasteiger partial charge >= 0.3 is 0 Å². The van der Waals surface area contributed by atoms with E-state index >= 15 is 0 Å². The molecule has 2 aromatic carbocycles. The molecule has 0 N–H and O–H groups in total. The lowest BCUT2D eigenvalue weighted by Gasteiger charge is -2.18. The number of rotatable bonds is 5. The molecule has 1 aliphatic heterocycles. The Bertz CT molecular complexity index is 1010. The minimum absolute atomic E-state index is 0.0514. The first-order valence-electron chi connectivity index (χ1n) is 9.32. The Morgan fingerprint density at radius 1 is 1.25 bits per heavy atom. The average molecular weight is 399 g/mol. The van der Waals surface area contributed by atoms with Gasteiger partial charge in [-0.15, -0.1) is 0 Å². The highest BCUT2D eigenvalue weighted by Gasteiger charge is 2.27. The van der Waals surface area contributed by atoms with Crippen LogP contribution in [0.15, 0.2) is 54.7 Å². The first kappa shape index (κ1) is 18.7. The van der Waals surface area contributed by atoms with E-state index in [4.69, 9.17) is 16.3 Å². The Labute approximate surface area is 167 Å². The minimum Gasteiger partial charge on any atom is -0.486 e. The third kappa shape index (κ3) is 4.09. The van der Waals surface area contributed by atoms with Crippen LogP contribution in [-0.4, -0.2) is 35.0 Å². The van der Waals surface area contributed by atoms with Crippen LogP contribution in [0.1, 0.15) is 18.4 Å². The van der Waals surface area contributed by atoms with Crippen molar-refractivity contribution in [2.75, 3.05) is 13.1 Å². The van der Waals surface area contributed by atoms with Crippen LogP contribution in [0, 0.1) is 5.82 Å². The number of carbonyl (C=O) groups is 1. The van der Waals surface area contributed by atoms with E-state index in [2.05, 4.69) is 4.98 Å². The summed E-state index contributed by atoms with van der Waals surface area (Å²) < 4.78 is 19.7. The topological polar surface area (TPSA) is 42.4 Å². The number of carbonyl (C=O) groups excluding carboxylic acids is 1. The molecular formula is C22H20ClFN2O2. The van der Waals surface area contributed by atoms with Crippen molar-refractivity contribution < 1.29 is 13.9 Å². The van der Waals surface area contributed by atoms with Gasteiger partial charge in [0.2, 0.25) is 5.91 Å². The maximum Gasteiger partial charge on any atom is 0.223 e. The number of pyridine rings is 1. The van der Waals surface area contributed by atoms with Crippen LogP contribution >= 0.6 is 11.6 Å². The number of para-hydroxylation sites is 1. The number of aryl methyl sites for hydroxylation is 1. The number of hydrogen-bond donors (Lipinski definition) is 0. The number of hydrogen-bond acceptors (Lipinski definition) is 3. The molecule has 28 heavy (non-hydrogen) atoms. The van der Waals surface area contributed by atoms with Gasteiger partial charge in [-0.3, -0.25) is 9.78 Å². The number of ether oxygens (including phenoxy) is 1. The van der Waals surface area contributed by atoms with Crippen LogP contribution in [0.4, 0.5) is 4.39 Å². The number of likely N-dealkylation sites (tertiary alicyclic amines) is 1. The van der Waals surface area contributed by atoms with Crippen molar-refractivity contribution in [1.82, 2.24) is 9.88 Å². The first-order chi connectivity index (χ1) is 13.6. The Hall–Kier alpha value is -2.66. The van der Waals surface area contributed by atoms with Crippen LogP contribution in [-0.2, 0) is 11.2 Å². The quantitative estimate of drug-likeness (QED) is 0.628. The molecule has 0 bridgehead atoms. The second-order valence-electron chi connectivity index (χ2n) is 6.95. The van der Waals surface area contributed by atoms with E-state index in [1.54, 1.807) is 12.3 Å². The largest absolute Gasteiger partial charge is 0.486 e. The Morgan fingerprint density at radius 2 is 2.11 bits per heavy atom. The van der Waals surface area contributed by atoms with E-state index in [0.29, 0.717) is 25.9 Å². The zero-order valence-electron chi connectivity index (χ0n) is 15.3. The second kappa shape index (κ2) is 8.15. The van der Waals surface area contributed by atoms with Crippen molar-refractivity contribution in [3.05, 3.63) is 71.1 Å². The molecule has 144 valence electrons. The molecule has 0 radical (unpaired) electrons. The summed E-state index contributed by atoms with van der Waals surface area (Å²) in [5.41, 5.74) is 1.60. The van der Waals surface area contributed by atoms with Crippen molar-refractivity contribution in [2.45, 2.75) is 25.4 Å². The van der Waals surface area contributed by atoms with Gasteiger partial charge in [-0.25, -0.2) is 4.39 Å². The molecule has 1 unspecified atom stereocenters. The van der Waals surface area contributed by atoms with Crippen molar-refractivity contribution >= 4 is 28.4 Å². The summed E-state index contributed by atoms with van der Waals surface area (Å²) >= 11 is 5.70. The predicted molar refractivity (Wildman–Crippen MR) is 107 cm³/mol. The Morgan fingerprint density at radius 3 is 2.96 bits per heavy atom. The molecule has 4 nitrogen and oxygen atoms in total. The van der Waals surface area contributed by atoms with Gasteiger partial charge in [0.1, 0.15) is 23.2 Å². The fraction of sp³-hybridized carbons (Fsp3) is 0.273. The van der Waals surface area contributed by atoms with E-state index in [0.717, 1.165) is 28.6 Å². The molecule has 1 amide bonds. The molecular weight excluding hydrogens is 379 g/mol. The predicted octanol–water partition coefficient (Wildman–Crippen LogP) is 4.64. The van der Waals surface area contributed by atoms with E-state index < -0.39 is 5.82 Å². The van der Waals surface area contributed by atoms with Crippen LogP contribution in [0.3, 0.4) is 0 Å². The van der Waals surface area contributed by atoms with E-state index in [1.807, 2.05) is 35.2 Å². The summed E-state index contributed by atoms with van der Waals surface area (Å²) in [5.74, 6) is 0.344. The first-order valence-corrected chi connectivity index (χ1v) is 9.70. The van der Waals surface area contributed by atoms with Crippen LogP contribution in [0.5, 0.6) is 5.75 Å². The van der Waals surface area contributed by atoms with Gasteiger partial charge in [0.25, 0.3) is 0 Å². The lowest BCUT2D eigenvalue weighted by atomic mass is 10.1. The maximum absolute atomic E-state index is 13.5. The number of halogens is 2. The minimum atomic E-state index is -0.454. The fourth-order valence-electron chi connectivity index (χ4n) is 3.51. The van der Waals surface area contributed by atoms with Crippen molar-refractivity contribution in [3.63, 3.8) is 0 Å². The average Bonchev–Trinajstić information content (AvgIpc) is 3.18. The summed E-state index contributed by atoms with van der Waals surface area (Å²) in [5, 5.41) is 1.12. The van der Waals surface area contributed by atoms with Gasteiger partial charge in [-0.2, -0.15) is 0 Å². The van der Waals surface area contributed by atoms with Crippen LogP contribution in [0.2, 0.25) is 5.02 Å². The third-order valence-electron chi connectivity index (χ3n) is 5.00. The standard InChI is InChI=1S/C22H20ClFN2O2/c23-18-8-6-15(13-19(18)24)7-9-21(27)26-12-10-17(14-26)28-20-5-1-3-16-4-2-11-25-22(16)20/h1-6,8,11,13,17H,7,9-10,12,14H2. The van der Waals surface area contributed by atoms with Crippen molar-refractivity contribution in [3.8, 4) is 5.75 Å². The summed E-state index contributed by atoms with van der Waals surface area (Å²) in [4.78, 5) is 18.7. The summed E-state index contributed by atoms with van der Waals surface area (Å²) in [6.07, 6.45) is 3.31. The van der Waals surface area contributed by atoms with Gasteiger partial charge in [-0.1, -0.05) is 35.9 Å². The van der Waals surface area contributed by atoms with E-state index in [9.17, 15) is 9.18 Å². The summed E-state index contributed by atoms with van der Waals surface area (Å²) in [6.45, 7) is 1.22. The number of amides is 1. The van der Waals surface area contributed by atoms with Crippen LogP contribution in [0.25, 0.3) is 10.9 Å². The molecule has 4 rings (SSSR count). The summed E-state index contributed by atoms with van der Waals surface area (Å²) in [6, 6.07) is 14.4. The van der Waals surface area contributed by atoms with Crippen LogP contribution < -0.4 is 4.74 Å². The van der Waals surface area contributed by atoms with Gasteiger partial charge in [-0.05, 0) is 36.2 Å². The smallest absolute Gasteiger partial charge is 0.223 e. The summed E-state index contributed by atoms with van der Waals surface area (Å²) in [7, 11) is 0. The molecule has 1 fully saturated rings. The van der Waals surface area contributed by atoms with E-state index in [1.165, 1.54) is 12.1 Å². The molecule has 3 aromatic rings. The van der Waals surface area contributed by atoms with Gasteiger partial charge in [0.15, 0.2) is 0 Å². The highest BCUT2D eigenvalue weighted by Crippen LogP contribution is 2.26. The normalized spacial score (nSPS) is 16.5. The SMILES string of the molecule is O=C(CCc1ccc(Cl)c(F)c1)N1CCC(Oc2cccc3cccnc23)C1. The molecule has 1 aliphatic rings. The zero-order chi connectivity index (χ0) is 19.5. The highest BCUT2D eigenvalue weighted by molar-refractivity contribution is 6.30. The molecule has 2 heterocycles. The van der Waals surface area contributed by atoms with E-state index in [-0.39, 0.29) is 17.0 Å². The molecule has 1 aromatic heterocycles. The third-order valence-corrected chi connectivity index (χ3v) is 5.31. The molecule has 1 saturated heterocycles. The maximum atomic E-state index is 13.5. The number of fused-ring (bicyclic) bond motifs is 1. The molecule has 1 atom stereocenters. The Balaban J connectivity index is 1.34. The molecule has 6 heteroatoms. The van der Waals surface area contributed by atoms with Crippen molar-refractivity contribution in [1.29, 1.82) is 0 Å². The zero-order valence-corrected chi connectivity index (χ0v) is 16.0. The van der Waals surface area contributed by atoms with Gasteiger partial charge in [0, 0.05) is 31.0 Å². The fourth-order valence-corrected chi connectivity index (χ4v) is 3.62. The number of aromatic nitrogens is 1. The molecule has 0 saturated carbocycles. The molecule has 0 aliphatic carbocycles. The van der Waals surface area contributed by atoms with Gasteiger partial charge < -0.3 is 9.64 Å². The number of benzene rings is 2.